The van der Waals surface area contributed by atoms with Gasteiger partial charge in [-0.3, -0.25) is 4.79 Å². The van der Waals surface area contributed by atoms with Crippen LogP contribution in [-0.4, -0.2) is 5.78 Å². The van der Waals surface area contributed by atoms with Gasteiger partial charge in [0.15, 0.2) is 5.78 Å². The molecular formula is C14H9Cl2FOS. The molecule has 0 N–H and O–H groups in total. The highest BCUT2D eigenvalue weighted by atomic mass is 35.5. The van der Waals surface area contributed by atoms with Gasteiger partial charge in [0.05, 0.1) is 10.0 Å². The number of ketones is 1. The van der Waals surface area contributed by atoms with E-state index >= 15 is 0 Å². The van der Waals surface area contributed by atoms with E-state index in [1.165, 1.54) is 24.8 Å². The molecule has 0 amide bonds. The lowest BCUT2D eigenvalue weighted by molar-refractivity contribution is 0.101. The number of carbonyl (C=O) groups is 1. The fourth-order valence-corrected chi connectivity index (χ4v) is 2.69. The zero-order valence-corrected chi connectivity index (χ0v) is 12.2. The fourth-order valence-electron chi connectivity index (χ4n) is 1.47. The smallest absolute Gasteiger partial charge is 0.159 e. The summed E-state index contributed by atoms with van der Waals surface area (Å²) in [6.45, 7) is 1.40. The predicted molar refractivity (Wildman–Crippen MR) is 77.0 cm³/mol. The van der Waals surface area contributed by atoms with Crippen molar-refractivity contribution in [3.05, 3.63) is 57.8 Å². The maximum Gasteiger partial charge on any atom is 0.159 e. The largest absolute Gasteiger partial charge is 0.295 e. The van der Waals surface area contributed by atoms with Crippen molar-refractivity contribution >= 4 is 40.7 Å². The third-order valence-electron chi connectivity index (χ3n) is 2.46. The van der Waals surface area contributed by atoms with Gasteiger partial charge in [-0.05, 0) is 37.3 Å². The molecule has 0 unspecified atom stereocenters. The van der Waals surface area contributed by atoms with Crippen LogP contribution in [0.1, 0.15) is 17.3 Å². The van der Waals surface area contributed by atoms with E-state index in [1.54, 1.807) is 30.3 Å². The van der Waals surface area contributed by atoms with E-state index in [0.717, 1.165) is 4.90 Å². The Morgan fingerprint density at radius 1 is 1.11 bits per heavy atom. The monoisotopic (exact) mass is 314 g/mol. The molecule has 0 aliphatic carbocycles. The van der Waals surface area contributed by atoms with E-state index < -0.39 is 5.82 Å². The second kappa shape index (κ2) is 5.95. The van der Waals surface area contributed by atoms with Crippen molar-refractivity contribution in [3.8, 4) is 0 Å². The number of carbonyl (C=O) groups excluding carboxylic acids is 1. The van der Waals surface area contributed by atoms with Crippen LogP contribution < -0.4 is 0 Å². The zero-order valence-electron chi connectivity index (χ0n) is 9.91. The topological polar surface area (TPSA) is 17.1 Å². The highest BCUT2D eigenvalue weighted by molar-refractivity contribution is 7.99. The van der Waals surface area contributed by atoms with Gasteiger partial charge in [0.1, 0.15) is 5.82 Å². The molecule has 0 heterocycles. The molecule has 0 saturated heterocycles. The summed E-state index contributed by atoms with van der Waals surface area (Å²) in [5.41, 5.74) is 0.357. The molecule has 2 aromatic carbocycles. The average molecular weight is 315 g/mol. The molecule has 0 fully saturated rings. The molecule has 2 rings (SSSR count). The van der Waals surface area contributed by atoms with Gasteiger partial charge in [0.25, 0.3) is 0 Å². The van der Waals surface area contributed by atoms with Crippen LogP contribution in [0.2, 0.25) is 10.0 Å². The lowest BCUT2D eigenvalue weighted by atomic mass is 10.1. The van der Waals surface area contributed by atoms with Crippen molar-refractivity contribution in [3.63, 3.8) is 0 Å². The van der Waals surface area contributed by atoms with E-state index in [1.807, 2.05) is 0 Å². The highest BCUT2D eigenvalue weighted by Gasteiger charge is 2.09. The van der Waals surface area contributed by atoms with E-state index in [4.69, 9.17) is 23.2 Å². The van der Waals surface area contributed by atoms with Crippen molar-refractivity contribution in [1.29, 1.82) is 0 Å². The predicted octanol–water partition coefficient (Wildman–Crippen LogP) is 5.49. The minimum absolute atomic E-state index is 0.162. The quantitative estimate of drug-likeness (QED) is 0.697. The van der Waals surface area contributed by atoms with Crippen molar-refractivity contribution in [2.75, 3.05) is 0 Å². The third-order valence-corrected chi connectivity index (χ3v) is 4.24. The fraction of sp³-hybridized carbons (Fsp3) is 0.0714. The maximum absolute atomic E-state index is 13.8. The Hall–Kier alpha value is -1.03. The van der Waals surface area contributed by atoms with Crippen LogP contribution in [0.4, 0.5) is 4.39 Å². The molecule has 0 radical (unpaired) electrons. The first-order valence-electron chi connectivity index (χ1n) is 5.41. The molecule has 0 spiro atoms. The lowest BCUT2D eigenvalue weighted by Gasteiger charge is -2.05. The SMILES string of the molecule is CC(=O)c1ccc(Sc2ccc(Cl)c(Cl)c2)c(F)c1. The molecule has 98 valence electrons. The summed E-state index contributed by atoms with van der Waals surface area (Å²) in [6.07, 6.45) is 0. The molecule has 5 heteroatoms. The van der Waals surface area contributed by atoms with Gasteiger partial charge >= 0.3 is 0 Å². The molecule has 0 saturated carbocycles. The summed E-state index contributed by atoms with van der Waals surface area (Å²) < 4.78 is 13.8. The van der Waals surface area contributed by atoms with Crippen molar-refractivity contribution in [1.82, 2.24) is 0 Å². The number of hydrogen-bond donors (Lipinski definition) is 0. The summed E-state index contributed by atoms with van der Waals surface area (Å²) in [6, 6.07) is 9.52. The van der Waals surface area contributed by atoms with E-state index in [2.05, 4.69) is 0 Å². The Morgan fingerprint density at radius 3 is 2.42 bits per heavy atom. The molecule has 0 bridgehead atoms. The van der Waals surface area contributed by atoms with Gasteiger partial charge in [-0.1, -0.05) is 41.0 Å². The van der Waals surface area contributed by atoms with Gasteiger partial charge in [-0.15, -0.1) is 0 Å². The minimum Gasteiger partial charge on any atom is -0.295 e. The summed E-state index contributed by atoms with van der Waals surface area (Å²) in [5, 5.41) is 0.880. The summed E-state index contributed by atoms with van der Waals surface area (Å²) in [7, 11) is 0. The van der Waals surface area contributed by atoms with Crippen LogP contribution in [-0.2, 0) is 0 Å². The van der Waals surface area contributed by atoms with Crippen LogP contribution in [0, 0.1) is 5.82 Å². The summed E-state index contributed by atoms with van der Waals surface area (Å²) >= 11 is 12.9. The van der Waals surface area contributed by atoms with Crippen LogP contribution >= 0.6 is 35.0 Å². The number of rotatable bonds is 3. The molecule has 0 aromatic heterocycles. The maximum atomic E-state index is 13.8. The van der Waals surface area contributed by atoms with Crippen LogP contribution in [0.5, 0.6) is 0 Å². The minimum atomic E-state index is -0.427. The lowest BCUT2D eigenvalue weighted by Crippen LogP contribution is -1.93. The van der Waals surface area contributed by atoms with E-state index in [0.29, 0.717) is 20.5 Å². The molecule has 0 atom stereocenters. The first-order chi connectivity index (χ1) is 8.97. The van der Waals surface area contributed by atoms with Crippen molar-refractivity contribution in [2.24, 2.45) is 0 Å². The van der Waals surface area contributed by atoms with Crippen LogP contribution in [0.25, 0.3) is 0 Å². The van der Waals surface area contributed by atoms with Gasteiger partial charge in [0.2, 0.25) is 0 Å². The second-order valence-corrected chi connectivity index (χ2v) is 5.81. The Bertz CT molecular complexity index is 643. The van der Waals surface area contributed by atoms with Gasteiger partial charge < -0.3 is 0 Å². The number of benzene rings is 2. The van der Waals surface area contributed by atoms with E-state index in [9.17, 15) is 9.18 Å². The van der Waals surface area contributed by atoms with Gasteiger partial charge in [0, 0.05) is 15.4 Å². The molecule has 1 nitrogen and oxygen atoms in total. The third kappa shape index (κ3) is 3.50. The number of Topliss-reactive ketones (excluding diaryl/α,β-unsaturated/α-hetero) is 1. The zero-order chi connectivity index (χ0) is 14.0. The first-order valence-corrected chi connectivity index (χ1v) is 6.98. The Labute approximate surface area is 124 Å². The summed E-state index contributed by atoms with van der Waals surface area (Å²) in [5.74, 6) is -0.589. The Balaban J connectivity index is 2.28. The highest BCUT2D eigenvalue weighted by Crippen LogP contribution is 2.34. The van der Waals surface area contributed by atoms with Crippen molar-refractivity contribution < 1.29 is 9.18 Å². The standard InChI is InChI=1S/C14H9Cl2FOS/c1-8(18)9-2-5-14(13(17)6-9)19-10-3-4-11(15)12(16)7-10/h2-7H,1H3. The summed E-state index contributed by atoms with van der Waals surface area (Å²) in [4.78, 5) is 12.4. The second-order valence-electron chi connectivity index (χ2n) is 3.88. The molecular weight excluding hydrogens is 306 g/mol. The average Bonchev–Trinajstić information content (AvgIpc) is 2.36. The number of halogens is 3. The number of hydrogen-bond acceptors (Lipinski definition) is 2. The van der Waals surface area contributed by atoms with Crippen LogP contribution in [0.3, 0.4) is 0 Å². The Kier molecular flexibility index (Phi) is 4.50. The van der Waals surface area contributed by atoms with Gasteiger partial charge in [-0.2, -0.15) is 0 Å². The van der Waals surface area contributed by atoms with Crippen molar-refractivity contribution in [2.45, 2.75) is 16.7 Å². The van der Waals surface area contributed by atoms with Crippen LogP contribution in [0.15, 0.2) is 46.2 Å². The molecule has 19 heavy (non-hydrogen) atoms. The Morgan fingerprint density at radius 2 is 1.84 bits per heavy atom. The molecule has 2 aromatic rings. The van der Waals surface area contributed by atoms with E-state index in [-0.39, 0.29) is 5.78 Å². The molecule has 0 aliphatic heterocycles. The first kappa shape index (κ1) is 14.4. The normalized spacial score (nSPS) is 10.5. The molecule has 0 aliphatic rings. The van der Waals surface area contributed by atoms with Gasteiger partial charge in [-0.25, -0.2) is 4.39 Å².